The average molecular weight is 156 g/mol. The van der Waals surface area contributed by atoms with Crippen LogP contribution in [0.15, 0.2) is 0 Å². The number of hydrogen-bond donors (Lipinski definition) is 0. The Morgan fingerprint density at radius 3 is 1.70 bits per heavy atom. The second-order valence-corrected chi connectivity index (χ2v) is 1.66. The van der Waals surface area contributed by atoms with Crippen LogP contribution in [0.3, 0.4) is 0 Å². The van der Waals surface area contributed by atoms with Gasteiger partial charge in [-0.2, -0.15) is 7.11 Å². The van der Waals surface area contributed by atoms with Gasteiger partial charge in [-0.1, -0.05) is 0 Å². The maximum Gasteiger partial charge on any atom is 1.00 e. The Kier molecular flexibility index (Phi) is 20.4. The van der Waals surface area contributed by atoms with Crippen molar-refractivity contribution in [3.8, 4) is 0 Å². The minimum Gasteiger partial charge on any atom is -0.857 e. The molecular formula is C6H13NaO3. The predicted octanol–water partition coefficient (Wildman–Crippen LogP) is -3.06. The van der Waals surface area contributed by atoms with Gasteiger partial charge >= 0.3 is 35.5 Å². The zero-order valence-electron chi connectivity index (χ0n) is 7.30. The SMILES string of the molecule is CC(=O)OC(C)C.C[O-].[Na+]. The van der Waals surface area contributed by atoms with Crippen LogP contribution in [0.2, 0.25) is 0 Å². The smallest absolute Gasteiger partial charge is 0.857 e. The first kappa shape index (κ1) is 16.8. The van der Waals surface area contributed by atoms with Crippen molar-refractivity contribution in [2.24, 2.45) is 0 Å². The van der Waals surface area contributed by atoms with E-state index < -0.39 is 0 Å². The summed E-state index contributed by atoms with van der Waals surface area (Å²) in [6.45, 7) is 5.04. The molecule has 0 aliphatic heterocycles. The van der Waals surface area contributed by atoms with Gasteiger partial charge in [0.15, 0.2) is 0 Å². The summed E-state index contributed by atoms with van der Waals surface area (Å²) in [5, 5.41) is 8.25. The van der Waals surface area contributed by atoms with Gasteiger partial charge in [0.25, 0.3) is 0 Å². The zero-order chi connectivity index (χ0) is 7.86. The molecule has 4 heteroatoms. The van der Waals surface area contributed by atoms with Crippen LogP contribution >= 0.6 is 0 Å². The fraction of sp³-hybridized carbons (Fsp3) is 0.833. The van der Waals surface area contributed by atoms with E-state index in [1.807, 2.05) is 13.8 Å². The number of esters is 1. The van der Waals surface area contributed by atoms with Crippen LogP contribution in [0, 0.1) is 0 Å². The van der Waals surface area contributed by atoms with Crippen molar-refractivity contribution in [1.29, 1.82) is 0 Å². The van der Waals surface area contributed by atoms with Gasteiger partial charge in [-0.25, -0.2) is 0 Å². The van der Waals surface area contributed by atoms with Crippen LogP contribution in [0.4, 0.5) is 0 Å². The molecule has 0 unspecified atom stereocenters. The molecule has 0 aromatic carbocycles. The molecule has 0 aromatic heterocycles. The molecule has 0 aromatic rings. The van der Waals surface area contributed by atoms with Gasteiger partial charge in [0.05, 0.1) is 6.10 Å². The van der Waals surface area contributed by atoms with E-state index >= 15 is 0 Å². The summed E-state index contributed by atoms with van der Waals surface area (Å²) in [6.07, 6.45) is 0.0255. The Morgan fingerprint density at radius 2 is 1.70 bits per heavy atom. The second-order valence-electron chi connectivity index (χ2n) is 1.66. The van der Waals surface area contributed by atoms with Crippen molar-refractivity contribution in [1.82, 2.24) is 0 Å². The summed E-state index contributed by atoms with van der Waals surface area (Å²) in [5.74, 6) is -0.213. The molecule has 0 spiro atoms. The van der Waals surface area contributed by atoms with Crippen LogP contribution in [-0.2, 0) is 9.53 Å². The molecule has 0 aliphatic carbocycles. The third kappa shape index (κ3) is 23.7. The first-order valence-corrected chi connectivity index (χ1v) is 2.71. The van der Waals surface area contributed by atoms with Crippen LogP contribution < -0.4 is 34.7 Å². The molecule has 0 rings (SSSR count). The molecule has 10 heavy (non-hydrogen) atoms. The van der Waals surface area contributed by atoms with E-state index in [4.69, 9.17) is 5.11 Å². The molecule has 0 radical (unpaired) electrons. The van der Waals surface area contributed by atoms with Gasteiger partial charge in [-0.3, -0.25) is 4.79 Å². The topological polar surface area (TPSA) is 49.4 Å². The zero-order valence-corrected chi connectivity index (χ0v) is 9.30. The molecule has 0 saturated carbocycles. The monoisotopic (exact) mass is 156 g/mol. The maximum atomic E-state index is 10.0. The average Bonchev–Trinajstić information content (AvgIpc) is 1.68. The summed E-state index contributed by atoms with van der Waals surface area (Å²) in [5.41, 5.74) is 0. The third-order valence-electron chi connectivity index (χ3n) is 0.402. The van der Waals surface area contributed by atoms with Gasteiger partial charge in [-0.15, -0.1) is 0 Å². The van der Waals surface area contributed by atoms with E-state index in [-0.39, 0.29) is 41.6 Å². The standard InChI is InChI=1S/C5H10O2.CH3O.Na/c1-4(2)7-5(3)6;1-2;/h4H,1-3H3;1H3;/q;-1;+1. The Morgan fingerprint density at radius 1 is 1.40 bits per heavy atom. The molecule has 0 heterocycles. The maximum absolute atomic E-state index is 10.0. The van der Waals surface area contributed by atoms with Crippen molar-refractivity contribution in [3.05, 3.63) is 0 Å². The molecule has 56 valence electrons. The van der Waals surface area contributed by atoms with Crippen LogP contribution in [-0.4, -0.2) is 19.2 Å². The summed E-state index contributed by atoms with van der Waals surface area (Å²) < 4.78 is 4.61. The van der Waals surface area contributed by atoms with Gasteiger partial charge in [0, 0.05) is 6.92 Å². The van der Waals surface area contributed by atoms with Crippen LogP contribution in [0.25, 0.3) is 0 Å². The van der Waals surface area contributed by atoms with E-state index in [1.165, 1.54) is 6.92 Å². The summed E-state index contributed by atoms with van der Waals surface area (Å²) in [7, 11) is 0.750. The van der Waals surface area contributed by atoms with Gasteiger partial charge in [-0.05, 0) is 13.8 Å². The number of ether oxygens (including phenoxy) is 1. The fourth-order valence-electron chi connectivity index (χ4n) is 0.332. The number of hydrogen-bond acceptors (Lipinski definition) is 3. The Labute approximate surface area is 84.1 Å². The molecule has 0 bridgehead atoms. The predicted molar refractivity (Wildman–Crippen MR) is 32.8 cm³/mol. The van der Waals surface area contributed by atoms with E-state index in [0.717, 1.165) is 7.11 Å². The second kappa shape index (κ2) is 12.1. The molecule has 0 amide bonds. The molecule has 0 fully saturated rings. The summed E-state index contributed by atoms with van der Waals surface area (Å²) >= 11 is 0. The van der Waals surface area contributed by atoms with Crippen molar-refractivity contribution in [2.75, 3.05) is 7.11 Å². The molecule has 0 aliphatic rings. The third-order valence-corrected chi connectivity index (χ3v) is 0.402. The fourth-order valence-corrected chi connectivity index (χ4v) is 0.332. The van der Waals surface area contributed by atoms with Gasteiger partial charge in [0.1, 0.15) is 0 Å². The van der Waals surface area contributed by atoms with Crippen molar-refractivity contribution >= 4 is 5.97 Å². The summed E-state index contributed by atoms with van der Waals surface area (Å²) in [4.78, 5) is 10.0. The Balaban J connectivity index is -0.000000149. The normalized spacial score (nSPS) is 7.00. The van der Waals surface area contributed by atoms with E-state index in [0.29, 0.717) is 0 Å². The van der Waals surface area contributed by atoms with Crippen molar-refractivity contribution < 1.29 is 44.2 Å². The first-order valence-electron chi connectivity index (χ1n) is 2.71. The molecule has 0 atom stereocenters. The Bertz CT molecular complexity index is 73.4. The largest absolute Gasteiger partial charge is 1.00 e. The van der Waals surface area contributed by atoms with E-state index in [9.17, 15) is 4.79 Å². The first-order chi connectivity index (χ1) is 4.13. The molecule has 3 nitrogen and oxygen atoms in total. The molecule has 0 N–H and O–H groups in total. The van der Waals surface area contributed by atoms with Gasteiger partial charge < -0.3 is 9.84 Å². The molecular weight excluding hydrogens is 143 g/mol. The van der Waals surface area contributed by atoms with Gasteiger partial charge in [0.2, 0.25) is 0 Å². The number of carbonyl (C=O) groups is 1. The summed E-state index contributed by atoms with van der Waals surface area (Å²) in [6, 6.07) is 0. The Hall–Kier alpha value is 0.430. The van der Waals surface area contributed by atoms with E-state index in [2.05, 4.69) is 4.74 Å². The van der Waals surface area contributed by atoms with Crippen LogP contribution in [0.1, 0.15) is 20.8 Å². The number of carbonyl (C=O) groups excluding carboxylic acids is 1. The minimum absolute atomic E-state index is 0. The minimum atomic E-state index is -0.213. The van der Waals surface area contributed by atoms with Crippen molar-refractivity contribution in [3.63, 3.8) is 0 Å². The van der Waals surface area contributed by atoms with E-state index in [1.54, 1.807) is 0 Å². The van der Waals surface area contributed by atoms with Crippen molar-refractivity contribution in [2.45, 2.75) is 26.9 Å². The molecule has 0 saturated heterocycles. The van der Waals surface area contributed by atoms with Crippen LogP contribution in [0.5, 0.6) is 0 Å². The number of rotatable bonds is 1. The quantitative estimate of drug-likeness (QED) is 0.299.